The van der Waals surface area contributed by atoms with E-state index in [0.29, 0.717) is 11.1 Å². The van der Waals surface area contributed by atoms with E-state index in [9.17, 15) is 9.18 Å². The summed E-state index contributed by atoms with van der Waals surface area (Å²) in [7, 11) is 0. The molecular formula is C14H16FNO. The number of halogens is 1. The van der Waals surface area contributed by atoms with Gasteiger partial charge in [-0.15, -0.1) is 6.42 Å². The van der Waals surface area contributed by atoms with Crippen LogP contribution in [-0.2, 0) is 0 Å². The number of hydrogen-bond acceptors (Lipinski definition) is 1. The molecule has 1 atom stereocenters. The molecule has 3 heteroatoms. The third kappa shape index (κ3) is 3.92. The Bertz CT molecular complexity index is 428. The number of carbonyl (C=O) groups excluding carboxylic acids is 1. The van der Waals surface area contributed by atoms with Gasteiger partial charge in [-0.05, 0) is 37.1 Å². The Kier molecular flexibility index (Phi) is 4.71. The van der Waals surface area contributed by atoms with E-state index in [0.717, 1.165) is 12.8 Å². The summed E-state index contributed by atoms with van der Waals surface area (Å²) in [6, 6.07) is 3.93. The maximum atomic E-state index is 13.1. The first-order chi connectivity index (χ1) is 8.06. The van der Waals surface area contributed by atoms with Crippen molar-refractivity contribution in [3.8, 4) is 12.3 Å². The molecule has 1 rings (SSSR count). The molecule has 1 aromatic rings. The molecule has 1 N–H and O–H groups in total. The molecular weight excluding hydrogens is 217 g/mol. The molecule has 1 aromatic carbocycles. The zero-order valence-electron chi connectivity index (χ0n) is 10.1. The van der Waals surface area contributed by atoms with Crippen LogP contribution in [-0.4, -0.2) is 11.9 Å². The van der Waals surface area contributed by atoms with Gasteiger partial charge in [-0.1, -0.05) is 19.3 Å². The van der Waals surface area contributed by atoms with Crippen molar-refractivity contribution >= 4 is 5.91 Å². The van der Waals surface area contributed by atoms with Crippen LogP contribution >= 0.6 is 0 Å². The molecule has 0 aromatic heterocycles. The summed E-state index contributed by atoms with van der Waals surface area (Å²) in [6.45, 7) is 3.73. The first kappa shape index (κ1) is 13.2. The Labute approximate surface area is 101 Å². The Morgan fingerprint density at radius 2 is 2.24 bits per heavy atom. The van der Waals surface area contributed by atoms with Crippen LogP contribution in [0, 0.1) is 25.1 Å². The Hall–Kier alpha value is -1.82. The summed E-state index contributed by atoms with van der Waals surface area (Å²) in [6.07, 6.45) is 6.91. The van der Waals surface area contributed by atoms with Crippen LogP contribution in [0.1, 0.15) is 35.7 Å². The molecule has 0 bridgehead atoms. The molecule has 0 saturated heterocycles. The fourth-order valence-electron chi connectivity index (χ4n) is 1.59. The summed E-state index contributed by atoms with van der Waals surface area (Å²) < 4.78 is 13.1. The van der Waals surface area contributed by atoms with Gasteiger partial charge in [0.05, 0.1) is 6.04 Å². The molecule has 0 aliphatic carbocycles. The molecule has 0 saturated carbocycles. The molecule has 0 heterocycles. The fourth-order valence-corrected chi connectivity index (χ4v) is 1.59. The third-order valence-electron chi connectivity index (χ3n) is 2.39. The lowest BCUT2D eigenvalue weighted by molar-refractivity contribution is 0.0943. The molecule has 17 heavy (non-hydrogen) atoms. The van der Waals surface area contributed by atoms with Crippen molar-refractivity contribution in [2.45, 2.75) is 32.7 Å². The predicted octanol–water partition coefficient (Wildman–Crippen LogP) is 2.67. The van der Waals surface area contributed by atoms with Gasteiger partial charge in [-0.25, -0.2) is 4.39 Å². The molecule has 1 amide bonds. The molecule has 90 valence electrons. The smallest absolute Gasteiger partial charge is 0.252 e. The van der Waals surface area contributed by atoms with Crippen molar-refractivity contribution in [1.82, 2.24) is 5.32 Å². The van der Waals surface area contributed by atoms with Gasteiger partial charge in [-0.3, -0.25) is 4.79 Å². The van der Waals surface area contributed by atoms with Crippen LogP contribution in [0.5, 0.6) is 0 Å². The highest BCUT2D eigenvalue weighted by atomic mass is 19.1. The summed E-state index contributed by atoms with van der Waals surface area (Å²) in [4.78, 5) is 11.8. The van der Waals surface area contributed by atoms with E-state index in [2.05, 4.69) is 11.2 Å². The Morgan fingerprint density at radius 3 is 2.76 bits per heavy atom. The second kappa shape index (κ2) is 6.05. The molecule has 0 aliphatic rings. The van der Waals surface area contributed by atoms with Gasteiger partial charge < -0.3 is 5.32 Å². The summed E-state index contributed by atoms with van der Waals surface area (Å²) >= 11 is 0. The molecule has 0 aliphatic heterocycles. The summed E-state index contributed by atoms with van der Waals surface area (Å²) in [5.74, 6) is 1.76. The molecule has 1 unspecified atom stereocenters. The third-order valence-corrected chi connectivity index (χ3v) is 2.39. The van der Waals surface area contributed by atoms with Crippen LogP contribution in [0.15, 0.2) is 18.2 Å². The van der Waals surface area contributed by atoms with E-state index in [1.165, 1.54) is 12.1 Å². The average Bonchev–Trinajstić information content (AvgIpc) is 2.27. The minimum absolute atomic E-state index is 0.295. The summed E-state index contributed by atoms with van der Waals surface area (Å²) in [5, 5.41) is 2.70. The number of terminal acetylenes is 1. The van der Waals surface area contributed by atoms with E-state index >= 15 is 0 Å². The SMILES string of the molecule is C#CC(CCC)NC(=O)c1cc(C)cc(F)c1. The minimum atomic E-state index is -0.414. The Balaban J connectivity index is 2.79. The molecule has 0 fully saturated rings. The quantitative estimate of drug-likeness (QED) is 0.796. The topological polar surface area (TPSA) is 29.1 Å². The van der Waals surface area contributed by atoms with Gasteiger partial charge in [0, 0.05) is 5.56 Å². The highest BCUT2D eigenvalue weighted by Crippen LogP contribution is 2.09. The summed E-state index contributed by atoms with van der Waals surface area (Å²) in [5.41, 5.74) is 1.02. The minimum Gasteiger partial charge on any atom is -0.338 e. The van der Waals surface area contributed by atoms with Crippen molar-refractivity contribution in [3.05, 3.63) is 35.1 Å². The highest BCUT2D eigenvalue weighted by Gasteiger charge is 2.11. The monoisotopic (exact) mass is 233 g/mol. The van der Waals surface area contributed by atoms with Crippen molar-refractivity contribution in [2.75, 3.05) is 0 Å². The van der Waals surface area contributed by atoms with Crippen LogP contribution in [0.25, 0.3) is 0 Å². The largest absolute Gasteiger partial charge is 0.338 e. The van der Waals surface area contributed by atoms with E-state index in [-0.39, 0.29) is 11.9 Å². The van der Waals surface area contributed by atoms with Crippen LogP contribution in [0.2, 0.25) is 0 Å². The first-order valence-corrected chi connectivity index (χ1v) is 5.61. The van der Waals surface area contributed by atoms with E-state index < -0.39 is 5.82 Å². The lowest BCUT2D eigenvalue weighted by Gasteiger charge is -2.12. The lowest BCUT2D eigenvalue weighted by atomic mass is 10.1. The number of benzene rings is 1. The number of amides is 1. The van der Waals surface area contributed by atoms with Crippen molar-refractivity contribution in [3.63, 3.8) is 0 Å². The van der Waals surface area contributed by atoms with E-state index in [1.807, 2.05) is 6.92 Å². The fraction of sp³-hybridized carbons (Fsp3) is 0.357. The van der Waals surface area contributed by atoms with Crippen LogP contribution in [0.3, 0.4) is 0 Å². The standard InChI is InChI=1S/C14H16FNO/c1-4-6-13(5-2)16-14(17)11-7-10(3)8-12(15)9-11/h2,7-9,13H,4,6H2,1,3H3,(H,16,17). The first-order valence-electron chi connectivity index (χ1n) is 5.61. The highest BCUT2D eigenvalue weighted by molar-refractivity contribution is 5.94. The maximum Gasteiger partial charge on any atom is 0.252 e. The molecule has 0 radical (unpaired) electrons. The number of rotatable bonds is 4. The predicted molar refractivity (Wildman–Crippen MR) is 66.1 cm³/mol. The van der Waals surface area contributed by atoms with Crippen LogP contribution in [0.4, 0.5) is 4.39 Å². The second-order valence-corrected chi connectivity index (χ2v) is 4.00. The normalized spacial score (nSPS) is 11.6. The zero-order chi connectivity index (χ0) is 12.8. The van der Waals surface area contributed by atoms with Gasteiger partial charge >= 0.3 is 0 Å². The lowest BCUT2D eigenvalue weighted by Crippen LogP contribution is -2.33. The van der Waals surface area contributed by atoms with Crippen molar-refractivity contribution < 1.29 is 9.18 Å². The van der Waals surface area contributed by atoms with Crippen LogP contribution < -0.4 is 5.32 Å². The van der Waals surface area contributed by atoms with E-state index in [4.69, 9.17) is 6.42 Å². The van der Waals surface area contributed by atoms with Gasteiger partial charge in [-0.2, -0.15) is 0 Å². The van der Waals surface area contributed by atoms with Gasteiger partial charge in [0.15, 0.2) is 0 Å². The molecule has 2 nitrogen and oxygen atoms in total. The van der Waals surface area contributed by atoms with Crippen molar-refractivity contribution in [2.24, 2.45) is 0 Å². The second-order valence-electron chi connectivity index (χ2n) is 4.00. The number of aryl methyl sites for hydroxylation is 1. The van der Waals surface area contributed by atoms with Gasteiger partial charge in [0.25, 0.3) is 5.91 Å². The number of carbonyl (C=O) groups is 1. The maximum absolute atomic E-state index is 13.1. The van der Waals surface area contributed by atoms with E-state index in [1.54, 1.807) is 13.0 Å². The van der Waals surface area contributed by atoms with Gasteiger partial charge in [0.1, 0.15) is 5.82 Å². The number of nitrogens with one attached hydrogen (secondary N) is 1. The molecule has 0 spiro atoms. The zero-order valence-corrected chi connectivity index (χ0v) is 10.1. The van der Waals surface area contributed by atoms with Gasteiger partial charge in [0.2, 0.25) is 0 Å². The Morgan fingerprint density at radius 1 is 1.53 bits per heavy atom. The average molecular weight is 233 g/mol. The number of hydrogen-bond donors (Lipinski definition) is 1. The van der Waals surface area contributed by atoms with Crippen molar-refractivity contribution in [1.29, 1.82) is 0 Å².